The van der Waals surface area contributed by atoms with Gasteiger partial charge in [0.05, 0.1) is 12.5 Å². The third kappa shape index (κ3) is 5.41. The van der Waals surface area contributed by atoms with Crippen molar-refractivity contribution in [3.63, 3.8) is 0 Å². The number of likely N-dealkylation sites (tertiary alicyclic amines) is 2. The first-order chi connectivity index (χ1) is 17.9. The molecule has 196 valence electrons. The van der Waals surface area contributed by atoms with Gasteiger partial charge in [-0.3, -0.25) is 9.78 Å². The number of carbonyl (C=O) groups is 1. The van der Waals surface area contributed by atoms with Gasteiger partial charge in [-0.2, -0.15) is 0 Å². The van der Waals surface area contributed by atoms with Gasteiger partial charge in [0.2, 0.25) is 0 Å². The first-order valence-corrected chi connectivity index (χ1v) is 12.9. The molecule has 0 saturated carbocycles. The summed E-state index contributed by atoms with van der Waals surface area (Å²) in [5, 5.41) is 10.6. The maximum atomic E-state index is 12.5. The first kappa shape index (κ1) is 25.1. The fourth-order valence-electron chi connectivity index (χ4n) is 5.54. The molecule has 1 aromatic carbocycles. The number of pyridine rings is 2. The van der Waals surface area contributed by atoms with Crippen molar-refractivity contribution in [1.29, 1.82) is 0 Å². The molecule has 0 atom stereocenters. The molecular weight excluding hydrogens is 472 g/mol. The fourth-order valence-corrected chi connectivity index (χ4v) is 5.54. The lowest BCUT2D eigenvalue weighted by atomic mass is 9.95. The molecule has 3 aromatic rings. The average Bonchev–Trinajstić information content (AvgIpc) is 2.92. The summed E-state index contributed by atoms with van der Waals surface area (Å²) in [7, 11) is 3.39. The van der Waals surface area contributed by atoms with E-state index < -0.39 is 6.09 Å². The van der Waals surface area contributed by atoms with Crippen molar-refractivity contribution >= 4 is 16.9 Å². The lowest BCUT2D eigenvalue weighted by Crippen LogP contribution is -2.44. The molecule has 1 N–H and O–H groups in total. The number of rotatable bonds is 6. The summed E-state index contributed by atoms with van der Waals surface area (Å²) in [5.74, 6) is 1.95. The highest BCUT2D eigenvalue weighted by Gasteiger charge is 2.27. The average molecular weight is 507 g/mol. The van der Waals surface area contributed by atoms with Crippen LogP contribution in [0.4, 0.5) is 4.79 Å². The Hall–Kier alpha value is -3.59. The van der Waals surface area contributed by atoms with Crippen LogP contribution in [0.2, 0.25) is 0 Å². The molecule has 2 saturated heterocycles. The van der Waals surface area contributed by atoms with Gasteiger partial charge in [-0.15, -0.1) is 0 Å². The maximum absolute atomic E-state index is 12.5. The van der Waals surface area contributed by atoms with E-state index in [4.69, 9.17) is 14.6 Å². The predicted molar refractivity (Wildman–Crippen MR) is 141 cm³/mol. The van der Waals surface area contributed by atoms with Crippen molar-refractivity contribution in [2.75, 3.05) is 39.8 Å². The largest absolute Gasteiger partial charge is 0.493 e. The zero-order chi connectivity index (χ0) is 25.9. The number of aryl methyl sites for hydroxylation is 1. The molecule has 5 rings (SSSR count). The Morgan fingerprint density at radius 2 is 1.81 bits per heavy atom. The SMILES string of the molecule is COc1cc(-c2cn(C)c(=O)c3cnccc23)ccc1OC1CCN(CC2CCN(C(=O)O)CC2)CC1. The maximum Gasteiger partial charge on any atom is 0.407 e. The molecule has 9 heteroatoms. The van der Waals surface area contributed by atoms with E-state index in [2.05, 4.69) is 9.88 Å². The van der Waals surface area contributed by atoms with Crippen LogP contribution in [-0.4, -0.2) is 76.5 Å². The van der Waals surface area contributed by atoms with Crippen molar-refractivity contribution in [1.82, 2.24) is 19.4 Å². The molecule has 37 heavy (non-hydrogen) atoms. The highest BCUT2D eigenvalue weighted by atomic mass is 16.5. The number of aromatic nitrogens is 2. The molecule has 0 radical (unpaired) electrons. The van der Waals surface area contributed by atoms with Crippen molar-refractivity contribution in [3.05, 3.63) is 53.2 Å². The Bertz CT molecular complexity index is 1320. The van der Waals surface area contributed by atoms with E-state index in [0.717, 1.165) is 67.6 Å². The minimum atomic E-state index is -0.806. The molecule has 0 aliphatic carbocycles. The van der Waals surface area contributed by atoms with Gasteiger partial charge in [0.15, 0.2) is 11.5 Å². The normalized spacial score (nSPS) is 17.7. The molecule has 1 amide bonds. The second-order valence-corrected chi connectivity index (χ2v) is 10.1. The molecule has 0 unspecified atom stereocenters. The Kier molecular flexibility index (Phi) is 7.32. The van der Waals surface area contributed by atoms with Gasteiger partial charge in [0.25, 0.3) is 5.56 Å². The summed E-state index contributed by atoms with van der Waals surface area (Å²) >= 11 is 0. The van der Waals surface area contributed by atoms with Crippen molar-refractivity contribution in [2.24, 2.45) is 13.0 Å². The van der Waals surface area contributed by atoms with E-state index >= 15 is 0 Å². The molecule has 0 spiro atoms. The Labute approximate surface area is 216 Å². The van der Waals surface area contributed by atoms with E-state index in [9.17, 15) is 9.59 Å². The minimum absolute atomic E-state index is 0.0733. The second-order valence-electron chi connectivity index (χ2n) is 10.1. The lowest BCUT2D eigenvalue weighted by molar-refractivity contribution is 0.0749. The Balaban J connectivity index is 1.23. The predicted octanol–water partition coefficient (Wildman–Crippen LogP) is 3.84. The molecule has 2 fully saturated rings. The topological polar surface area (TPSA) is 97.1 Å². The molecule has 2 aromatic heterocycles. The molecule has 4 heterocycles. The molecule has 9 nitrogen and oxygen atoms in total. The zero-order valence-electron chi connectivity index (χ0n) is 21.4. The fraction of sp³-hybridized carbons (Fsp3) is 0.464. The van der Waals surface area contributed by atoms with Crippen LogP contribution in [-0.2, 0) is 7.05 Å². The molecular formula is C28H34N4O5. The zero-order valence-corrected chi connectivity index (χ0v) is 21.4. The van der Waals surface area contributed by atoms with Crippen LogP contribution in [0.1, 0.15) is 25.7 Å². The number of amides is 1. The Morgan fingerprint density at radius 3 is 2.51 bits per heavy atom. The number of piperidine rings is 2. The van der Waals surface area contributed by atoms with Crippen LogP contribution < -0.4 is 15.0 Å². The molecule has 2 aliphatic heterocycles. The highest BCUT2D eigenvalue weighted by molar-refractivity contribution is 5.95. The standard InChI is InChI=1S/C28H34N4O5/c1-30-18-24(22-5-10-29-16-23(22)27(30)33)20-3-4-25(26(15-20)36-2)37-21-8-11-31(12-9-21)17-19-6-13-32(14-7-19)28(34)35/h3-5,10,15-16,18-19,21H,6-9,11-14,17H2,1-2H3,(H,34,35). The van der Waals surface area contributed by atoms with Gasteiger partial charge >= 0.3 is 6.09 Å². The van der Waals surface area contributed by atoms with Crippen LogP contribution in [0.5, 0.6) is 11.5 Å². The third-order valence-corrected chi connectivity index (χ3v) is 7.69. The smallest absolute Gasteiger partial charge is 0.407 e. The van der Waals surface area contributed by atoms with E-state index in [0.29, 0.717) is 30.1 Å². The number of methoxy groups -OCH3 is 1. The number of ether oxygens (including phenoxy) is 2. The summed E-state index contributed by atoms with van der Waals surface area (Å²) < 4.78 is 13.7. The summed E-state index contributed by atoms with van der Waals surface area (Å²) in [6.45, 7) is 4.26. The van der Waals surface area contributed by atoms with Crippen LogP contribution in [0, 0.1) is 5.92 Å². The highest BCUT2D eigenvalue weighted by Crippen LogP contribution is 2.36. The van der Waals surface area contributed by atoms with Gasteiger partial charge in [-0.05, 0) is 60.7 Å². The third-order valence-electron chi connectivity index (χ3n) is 7.69. The van der Waals surface area contributed by atoms with Gasteiger partial charge in [-0.25, -0.2) is 4.79 Å². The number of hydrogen-bond acceptors (Lipinski definition) is 6. The summed E-state index contributed by atoms with van der Waals surface area (Å²) in [6.07, 6.45) is 8.23. The lowest BCUT2D eigenvalue weighted by Gasteiger charge is -2.37. The summed E-state index contributed by atoms with van der Waals surface area (Å²) in [4.78, 5) is 31.8. The number of fused-ring (bicyclic) bond motifs is 1. The van der Waals surface area contributed by atoms with Gasteiger partial charge in [-0.1, -0.05) is 6.07 Å². The van der Waals surface area contributed by atoms with Crippen molar-refractivity contribution < 1.29 is 19.4 Å². The van der Waals surface area contributed by atoms with Crippen LogP contribution in [0.15, 0.2) is 47.7 Å². The van der Waals surface area contributed by atoms with Gasteiger partial charge in [0.1, 0.15) is 6.10 Å². The first-order valence-electron chi connectivity index (χ1n) is 12.9. The number of nitrogens with zero attached hydrogens (tertiary/aromatic N) is 4. The quantitative estimate of drug-likeness (QED) is 0.543. The minimum Gasteiger partial charge on any atom is -0.493 e. The van der Waals surface area contributed by atoms with Crippen LogP contribution >= 0.6 is 0 Å². The van der Waals surface area contributed by atoms with Crippen molar-refractivity contribution in [2.45, 2.75) is 31.8 Å². The summed E-state index contributed by atoms with van der Waals surface area (Å²) in [6, 6.07) is 7.80. The van der Waals surface area contributed by atoms with E-state index in [-0.39, 0.29) is 11.7 Å². The van der Waals surface area contributed by atoms with Crippen LogP contribution in [0.3, 0.4) is 0 Å². The van der Waals surface area contributed by atoms with E-state index in [1.54, 1.807) is 31.1 Å². The van der Waals surface area contributed by atoms with Crippen molar-refractivity contribution in [3.8, 4) is 22.6 Å². The monoisotopic (exact) mass is 506 g/mol. The second kappa shape index (κ2) is 10.8. The number of benzene rings is 1. The molecule has 0 bridgehead atoms. The number of hydrogen-bond donors (Lipinski definition) is 1. The number of carboxylic acid groups (broad SMARTS) is 1. The summed E-state index contributed by atoms with van der Waals surface area (Å²) in [5.41, 5.74) is 1.81. The van der Waals surface area contributed by atoms with E-state index in [1.807, 2.05) is 30.5 Å². The van der Waals surface area contributed by atoms with Gasteiger partial charge < -0.3 is 28.9 Å². The van der Waals surface area contributed by atoms with Gasteiger partial charge in [0, 0.05) is 63.9 Å². The van der Waals surface area contributed by atoms with Crippen LogP contribution in [0.25, 0.3) is 21.9 Å². The van der Waals surface area contributed by atoms with E-state index in [1.165, 1.54) is 4.90 Å². The molecule has 2 aliphatic rings. The Morgan fingerprint density at radius 1 is 1.05 bits per heavy atom.